The van der Waals surface area contributed by atoms with E-state index < -0.39 is 41.2 Å². The number of carboxylic acids is 1. The van der Waals surface area contributed by atoms with E-state index in [1.807, 2.05) is 0 Å². The molecule has 1 aromatic rings. The Morgan fingerprint density at radius 3 is 2.06 bits per heavy atom. The quantitative estimate of drug-likeness (QED) is 0.0383. The van der Waals surface area contributed by atoms with Gasteiger partial charge in [0.05, 0.1) is 0 Å². The van der Waals surface area contributed by atoms with E-state index in [1.54, 1.807) is 58.0 Å². The molecule has 4 N–H and O–H groups in total. The highest BCUT2D eigenvalue weighted by Gasteiger charge is 2.48. The third-order valence-corrected chi connectivity index (χ3v) is 7.35. The molecule has 2 atom stereocenters. The first-order chi connectivity index (χ1) is 22.2. The van der Waals surface area contributed by atoms with E-state index in [4.69, 9.17) is 9.47 Å². The van der Waals surface area contributed by atoms with Gasteiger partial charge in [-0.15, -0.1) is 5.92 Å². The van der Waals surface area contributed by atoms with Crippen molar-refractivity contribution in [3.63, 3.8) is 0 Å². The van der Waals surface area contributed by atoms with Crippen LogP contribution in [0.15, 0.2) is 36.4 Å². The second kappa shape index (κ2) is 22.0. The molecule has 0 bridgehead atoms. The van der Waals surface area contributed by atoms with Crippen molar-refractivity contribution in [3.8, 4) is 17.6 Å². The van der Waals surface area contributed by atoms with Crippen molar-refractivity contribution in [1.29, 1.82) is 0 Å². The normalized spacial score (nSPS) is 12.9. The maximum atomic E-state index is 13.3. The molecule has 0 spiro atoms. The first-order valence-electron chi connectivity index (χ1n) is 16.7. The van der Waals surface area contributed by atoms with E-state index in [0.29, 0.717) is 36.4 Å². The molecule has 10 nitrogen and oxygen atoms in total. The Morgan fingerprint density at radius 1 is 0.915 bits per heavy atom. The van der Waals surface area contributed by atoms with Crippen LogP contribution in [0.25, 0.3) is 0 Å². The number of allylic oxidation sites excluding steroid dienone is 1. The molecule has 1 aromatic carbocycles. The molecule has 1 rings (SSSR count). The summed E-state index contributed by atoms with van der Waals surface area (Å²) < 4.78 is 10.6. The van der Waals surface area contributed by atoms with Crippen molar-refractivity contribution in [3.05, 3.63) is 42.0 Å². The van der Waals surface area contributed by atoms with E-state index in [-0.39, 0.29) is 13.0 Å². The first kappa shape index (κ1) is 41.3. The van der Waals surface area contributed by atoms with Gasteiger partial charge in [0.15, 0.2) is 0 Å². The maximum absolute atomic E-state index is 13.3. The van der Waals surface area contributed by atoms with E-state index in [1.165, 1.54) is 25.3 Å². The number of carbonyl (C=O) groups is 4. The molecule has 262 valence electrons. The van der Waals surface area contributed by atoms with E-state index in [9.17, 15) is 34.5 Å². The molecule has 10 heteroatoms. The average Bonchev–Trinajstić information content (AvgIpc) is 2.99. The highest BCUT2D eigenvalue weighted by molar-refractivity contribution is 5.92. The number of ketones is 1. The number of aliphatic carboxylic acids is 1. The molecule has 0 fully saturated rings. The Balaban J connectivity index is 2.84. The van der Waals surface area contributed by atoms with E-state index in [0.717, 1.165) is 38.5 Å². The van der Waals surface area contributed by atoms with Crippen LogP contribution in [0.1, 0.15) is 117 Å². The molecule has 0 aliphatic carbocycles. The number of rotatable bonds is 23. The van der Waals surface area contributed by atoms with Crippen LogP contribution in [-0.4, -0.2) is 63.0 Å². The summed E-state index contributed by atoms with van der Waals surface area (Å²) in [5.74, 6) is -2.59. The number of amides is 1. The summed E-state index contributed by atoms with van der Waals surface area (Å²) in [6.07, 6.45) is 13.1. The minimum atomic E-state index is -3.26. The number of benzene rings is 1. The maximum Gasteiger partial charge on any atom is 0.368 e. The molecule has 0 aliphatic rings. The number of nitrogens with one attached hydrogen (secondary N) is 1. The molecular formula is C37H55NO9. The minimum Gasteiger partial charge on any atom is -0.481 e. The molecule has 0 heterocycles. The predicted octanol–water partition coefficient (Wildman–Crippen LogP) is 5.67. The highest BCUT2D eigenvalue weighted by Crippen LogP contribution is 2.23. The lowest BCUT2D eigenvalue weighted by atomic mass is 9.94. The smallest absolute Gasteiger partial charge is 0.368 e. The van der Waals surface area contributed by atoms with Gasteiger partial charge < -0.3 is 30.1 Å². The van der Waals surface area contributed by atoms with Gasteiger partial charge in [-0.3, -0.25) is 9.59 Å². The van der Waals surface area contributed by atoms with Crippen LogP contribution in [0.5, 0.6) is 5.75 Å². The predicted molar refractivity (Wildman–Crippen MR) is 180 cm³/mol. The summed E-state index contributed by atoms with van der Waals surface area (Å²) in [6, 6.07) is 5.19. The first-order valence-corrected chi connectivity index (χ1v) is 16.7. The lowest BCUT2D eigenvalue weighted by Gasteiger charge is -2.30. The zero-order valence-corrected chi connectivity index (χ0v) is 28.8. The number of hydrogen-bond acceptors (Lipinski definition) is 8. The van der Waals surface area contributed by atoms with Gasteiger partial charge in [0, 0.05) is 19.3 Å². The third-order valence-electron chi connectivity index (χ3n) is 7.35. The SMILES string of the molecule is CC#CCOc1ccc(C[C@H](NC(=O)[C@@H](C=CCCCCCCC(=O)CCCCCCC)C(O)(O)C(=O)OC(C)(C)C)C(=O)O)cc1. The Kier molecular flexibility index (Phi) is 19.3. The fourth-order valence-electron chi connectivity index (χ4n) is 4.72. The van der Waals surface area contributed by atoms with Crippen molar-refractivity contribution in [2.75, 3.05) is 6.61 Å². The molecule has 0 aliphatic heterocycles. The summed E-state index contributed by atoms with van der Waals surface area (Å²) in [4.78, 5) is 50.2. The fraction of sp³-hybridized carbons (Fsp3) is 0.622. The van der Waals surface area contributed by atoms with Crippen LogP contribution >= 0.6 is 0 Å². The van der Waals surface area contributed by atoms with Gasteiger partial charge in [-0.2, -0.15) is 0 Å². The van der Waals surface area contributed by atoms with Gasteiger partial charge in [0.2, 0.25) is 5.91 Å². The average molecular weight is 658 g/mol. The number of carboxylic acid groups (broad SMARTS) is 1. The second-order valence-electron chi connectivity index (χ2n) is 12.8. The summed E-state index contributed by atoms with van der Waals surface area (Å²) in [5.41, 5.74) is -0.490. The Labute approximate surface area is 280 Å². The monoisotopic (exact) mass is 657 g/mol. The molecular weight excluding hydrogens is 602 g/mol. The van der Waals surface area contributed by atoms with Crippen LogP contribution in [-0.2, 0) is 30.3 Å². The molecule has 0 unspecified atom stereocenters. The Bertz CT molecular complexity index is 1200. The van der Waals surface area contributed by atoms with Crippen LogP contribution in [0.2, 0.25) is 0 Å². The summed E-state index contributed by atoms with van der Waals surface area (Å²) in [5, 5.41) is 33.9. The fourth-order valence-corrected chi connectivity index (χ4v) is 4.72. The van der Waals surface area contributed by atoms with Crippen molar-refractivity contribution >= 4 is 23.6 Å². The largest absolute Gasteiger partial charge is 0.481 e. The van der Waals surface area contributed by atoms with Gasteiger partial charge in [0.25, 0.3) is 5.79 Å². The van der Waals surface area contributed by atoms with Gasteiger partial charge in [0.1, 0.15) is 35.7 Å². The zero-order chi connectivity index (χ0) is 35.3. The summed E-state index contributed by atoms with van der Waals surface area (Å²) >= 11 is 0. The van der Waals surface area contributed by atoms with E-state index >= 15 is 0 Å². The topological polar surface area (TPSA) is 159 Å². The Hall–Kier alpha value is -3.68. The highest BCUT2D eigenvalue weighted by atomic mass is 16.6. The molecule has 47 heavy (non-hydrogen) atoms. The number of Topliss-reactive ketones (excluding diaryl/α,β-unsaturated/α-hetero) is 1. The van der Waals surface area contributed by atoms with Crippen molar-refractivity contribution in [2.45, 2.75) is 136 Å². The number of unbranched alkanes of at least 4 members (excludes halogenated alkanes) is 8. The molecule has 0 aromatic heterocycles. The van der Waals surface area contributed by atoms with Gasteiger partial charge in [-0.1, -0.05) is 75.7 Å². The molecule has 0 radical (unpaired) electrons. The number of esters is 1. The Morgan fingerprint density at radius 2 is 1.51 bits per heavy atom. The third kappa shape index (κ3) is 17.7. The van der Waals surface area contributed by atoms with Crippen molar-refractivity contribution < 1.29 is 44.0 Å². The minimum absolute atomic E-state index is 0.107. The van der Waals surface area contributed by atoms with Gasteiger partial charge in [-0.25, -0.2) is 9.59 Å². The zero-order valence-electron chi connectivity index (χ0n) is 28.8. The molecule has 1 amide bonds. The number of carbonyl (C=O) groups excluding carboxylic acids is 3. The van der Waals surface area contributed by atoms with Crippen molar-refractivity contribution in [1.82, 2.24) is 5.32 Å². The standard InChI is InChI=1S/C37H55NO9/c1-6-8-10-13-16-19-29(39)20-17-14-11-12-15-18-21-31(37(44,45)35(43)47-36(3,4)5)33(40)38-32(34(41)42)27-28-22-24-30(25-23-28)46-26-9-7-2/h18,21-25,31-32,44-45H,6,8,10-17,19-20,26-27H2,1-5H3,(H,38,40)(H,41,42)/t31-,32+/m1/s1. The molecule has 0 saturated carbocycles. The van der Waals surface area contributed by atoms with Gasteiger partial charge >= 0.3 is 11.9 Å². The van der Waals surface area contributed by atoms with Crippen LogP contribution < -0.4 is 10.1 Å². The number of ether oxygens (including phenoxy) is 2. The van der Waals surface area contributed by atoms with Gasteiger partial charge in [-0.05, 0) is 71.1 Å². The number of hydrogen-bond donors (Lipinski definition) is 4. The lowest BCUT2D eigenvalue weighted by Crippen LogP contribution is -2.56. The lowest BCUT2D eigenvalue weighted by molar-refractivity contribution is -0.230. The van der Waals surface area contributed by atoms with Crippen molar-refractivity contribution in [2.24, 2.45) is 5.92 Å². The van der Waals surface area contributed by atoms with Crippen LogP contribution in [0, 0.1) is 17.8 Å². The summed E-state index contributed by atoms with van der Waals surface area (Å²) in [7, 11) is 0. The van der Waals surface area contributed by atoms with E-state index in [2.05, 4.69) is 24.1 Å². The number of aliphatic hydroxyl groups is 2. The van der Waals surface area contributed by atoms with Crippen LogP contribution in [0.4, 0.5) is 0 Å². The molecule has 0 saturated heterocycles. The summed E-state index contributed by atoms with van der Waals surface area (Å²) in [6.45, 7) is 8.70. The van der Waals surface area contributed by atoms with Crippen LogP contribution in [0.3, 0.4) is 0 Å². The second-order valence-corrected chi connectivity index (χ2v) is 12.8.